The van der Waals surface area contributed by atoms with E-state index in [9.17, 15) is 36.6 Å². The van der Waals surface area contributed by atoms with E-state index in [1.807, 2.05) is 0 Å². The zero-order valence-corrected chi connectivity index (χ0v) is 17.0. The highest BCUT2D eigenvalue weighted by molar-refractivity contribution is 5.80. The lowest BCUT2D eigenvalue weighted by Crippen LogP contribution is -2.52. The summed E-state index contributed by atoms with van der Waals surface area (Å²) < 4.78 is 86.5. The van der Waals surface area contributed by atoms with Gasteiger partial charge in [0.05, 0.1) is 18.3 Å². The van der Waals surface area contributed by atoms with Crippen molar-refractivity contribution in [3.8, 4) is 16.9 Å². The molecule has 10 heteroatoms. The van der Waals surface area contributed by atoms with E-state index in [4.69, 9.17) is 4.74 Å². The van der Waals surface area contributed by atoms with Gasteiger partial charge >= 0.3 is 6.18 Å². The Morgan fingerprint density at radius 3 is 2.45 bits per heavy atom. The summed E-state index contributed by atoms with van der Waals surface area (Å²) in [6, 6.07) is 5.22. The smallest absolute Gasteiger partial charge is 0.416 e. The van der Waals surface area contributed by atoms with Crippen molar-refractivity contribution >= 4 is 5.69 Å². The first-order valence-corrected chi connectivity index (χ1v) is 10.1. The Hall–Kier alpha value is -3.14. The van der Waals surface area contributed by atoms with Crippen molar-refractivity contribution in [3.63, 3.8) is 0 Å². The molecule has 0 radical (unpaired) electrons. The number of halogens is 6. The van der Waals surface area contributed by atoms with Crippen molar-refractivity contribution in [1.29, 1.82) is 0 Å². The molecule has 0 bridgehead atoms. The highest BCUT2D eigenvalue weighted by Crippen LogP contribution is 2.44. The molecule has 1 heterocycles. The Morgan fingerprint density at radius 1 is 1.12 bits per heavy atom. The molecule has 3 atom stereocenters. The van der Waals surface area contributed by atoms with Crippen LogP contribution in [0.2, 0.25) is 0 Å². The number of allylic oxidation sites excluding steroid dienone is 2. The molecular formula is C23H19F6NO3. The average Bonchev–Trinajstić information content (AvgIpc) is 2.76. The first-order valence-electron chi connectivity index (χ1n) is 10.1. The van der Waals surface area contributed by atoms with Crippen LogP contribution in [-0.4, -0.2) is 41.7 Å². The summed E-state index contributed by atoms with van der Waals surface area (Å²) >= 11 is 0. The Kier molecular flexibility index (Phi) is 6.04. The fourth-order valence-corrected chi connectivity index (χ4v) is 4.11. The van der Waals surface area contributed by atoms with E-state index in [2.05, 4.69) is 0 Å². The summed E-state index contributed by atoms with van der Waals surface area (Å²) in [6.45, 7) is -0.946. The fraction of sp³-hybridized carbons (Fsp3) is 0.304. The number of alkyl halides is 3. The van der Waals surface area contributed by atoms with Gasteiger partial charge in [0.15, 0.2) is 29.3 Å². The number of β-amino-alcohol motifs (C(OH)–C–C–N with tert-alkyl or cyclic N) is 1. The number of hydrogen-bond acceptors (Lipinski definition) is 4. The molecule has 33 heavy (non-hydrogen) atoms. The topological polar surface area (TPSA) is 52.9 Å². The van der Waals surface area contributed by atoms with Crippen molar-refractivity contribution in [2.24, 2.45) is 5.92 Å². The van der Waals surface area contributed by atoms with E-state index >= 15 is 0 Å². The van der Waals surface area contributed by atoms with Gasteiger partial charge in [0.2, 0.25) is 0 Å². The van der Waals surface area contributed by atoms with Gasteiger partial charge in [-0.15, -0.1) is 0 Å². The molecule has 4 nitrogen and oxygen atoms in total. The number of ether oxygens (including phenoxy) is 1. The lowest BCUT2D eigenvalue weighted by atomic mass is 9.89. The summed E-state index contributed by atoms with van der Waals surface area (Å²) in [5, 5.41) is 19.6. The first-order chi connectivity index (χ1) is 15.6. The van der Waals surface area contributed by atoms with Crippen LogP contribution in [0.4, 0.5) is 32.0 Å². The maximum absolute atomic E-state index is 13.8. The lowest BCUT2D eigenvalue weighted by molar-refractivity contribution is -0.200. The third-order valence-electron chi connectivity index (χ3n) is 5.72. The van der Waals surface area contributed by atoms with Gasteiger partial charge in [-0.05, 0) is 42.3 Å². The van der Waals surface area contributed by atoms with Crippen LogP contribution in [0.25, 0.3) is 11.1 Å². The molecule has 0 fully saturated rings. The third-order valence-corrected chi connectivity index (χ3v) is 5.72. The molecule has 0 spiro atoms. The fourth-order valence-electron chi connectivity index (χ4n) is 4.11. The van der Waals surface area contributed by atoms with Gasteiger partial charge in [-0.2, -0.15) is 13.2 Å². The molecule has 0 saturated carbocycles. The average molecular weight is 471 g/mol. The summed E-state index contributed by atoms with van der Waals surface area (Å²) in [7, 11) is 0. The predicted octanol–water partition coefficient (Wildman–Crippen LogP) is 5.28. The molecule has 2 aromatic rings. The standard InChI is InChI=1S/C23H19F6NO3/c24-16-8-13(9-17(25)21(16)26)15-5-2-6-18-22(15)33-11-19(12-3-1-4-14(31)7-12)30(18)10-20(32)23(27,28)29/h1-2,4-9,12,19-20,31-32H,3,10-11H2/t12?,19-,20?/m1/s1. The van der Waals surface area contributed by atoms with E-state index in [1.54, 1.807) is 6.08 Å². The van der Waals surface area contributed by atoms with Crippen molar-refractivity contribution in [1.82, 2.24) is 0 Å². The second kappa shape index (κ2) is 8.66. The van der Waals surface area contributed by atoms with E-state index in [0.717, 1.165) is 12.1 Å². The zero-order valence-electron chi connectivity index (χ0n) is 17.0. The second-order valence-electron chi connectivity index (χ2n) is 7.89. The van der Waals surface area contributed by atoms with Crippen molar-refractivity contribution in [2.75, 3.05) is 18.1 Å². The molecule has 2 unspecified atom stereocenters. The molecule has 1 aliphatic carbocycles. The minimum absolute atomic E-state index is 0.0422. The number of para-hydroxylation sites is 1. The quantitative estimate of drug-likeness (QED) is 0.471. The Bertz CT molecular complexity index is 1090. The first kappa shape index (κ1) is 23.0. The number of aliphatic hydroxyl groups is 2. The largest absolute Gasteiger partial charge is 0.508 e. The van der Waals surface area contributed by atoms with Crippen LogP contribution >= 0.6 is 0 Å². The summed E-state index contributed by atoms with van der Waals surface area (Å²) in [6.07, 6.45) is -2.49. The molecule has 0 amide bonds. The van der Waals surface area contributed by atoms with Gasteiger partial charge in [0, 0.05) is 11.5 Å². The molecule has 0 saturated heterocycles. The summed E-state index contributed by atoms with van der Waals surface area (Å²) in [4.78, 5) is 1.32. The molecular weight excluding hydrogens is 452 g/mol. The summed E-state index contributed by atoms with van der Waals surface area (Å²) in [5.74, 6) is -4.90. The minimum Gasteiger partial charge on any atom is -0.508 e. The van der Waals surface area contributed by atoms with Gasteiger partial charge in [0.1, 0.15) is 12.4 Å². The van der Waals surface area contributed by atoms with Gasteiger partial charge in [-0.25, -0.2) is 13.2 Å². The van der Waals surface area contributed by atoms with Gasteiger partial charge < -0.3 is 19.8 Å². The molecule has 176 valence electrons. The van der Waals surface area contributed by atoms with E-state index < -0.39 is 48.2 Å². The van der Waals surface area contributed by atoms with Gasteiger partial charge in [-0.1, -0.05) is 18.2 Å². The van der Waals surface area contributed by atoms with Gasteiger partial charge in [-0.3, -0.25) is 0 Å². The van der Waals surface area contributed by atoms with Crippen molar-refractivity contribution in [3.05, 3.63) is 71.8 Å². The molecule has 2 aliphatic rings. The highest BCUT2D eigenvalue weighted by atomic mass is 19.4. The molecule has 0 aromatic heterocycles. The zero-order chi connectivity index (χ0) is 23.9. The second-order valence-corrected chi connectivity index (χ2v) is 7.89. The van der Waals surface area contributed by atoms with Crippen molar-refractivity contribution in [2.45, 2.75) is 24.7 Å². The number of benzene rings is 2. The van der Waals surface area contributed by atoms with E-state index in [-0.39, 0.29) is 34.9 Å². The lowest BCUT2D eigenvalue weighted by Gasteiger charge is -2.43. The van der Waals surface area contributed by atoms with E-state index in [0.29, 0.717) is 6.42 Å². The number of aliphatic hydroxyl groups excluding tert-OH is 2. The van der Waals surface area contributed by atoms with Crippen LogP contribution in [-0.2, 0) is 0 Å². The maximum Gasteiger partial charge on any atom is 0.416 e. The van der Waals surface area contributed by atoms with E-state index in [1.165, 1.54) is 35.3 Å². The highest BCUT2D eigenvalue weighted by Gasteiger charge is 2.43. The van der Waals surface area contributed by atoms with Crippen LogP contribution in [0.5, 0.6) is 5.75 Å². The van der Waals surface area contributed by atoms with Gasteiger partial charge in [0.25, 0.3) is 0 Å². The monoisotopic (exact) mass is 471 g/mol. The molecule has 2 N–H and O–H groups in total. The number of rotatable bonds is 4. The third kappa shape index (κ3) is 4.52. The van der Waals surface area contributed by atoms with Crippen LogP contribution in [0.15, 0.2) is 54.3 Å². The molecule has 4 rings (SSSR count). The predicted molar refractivity (Wildman–Crippen MR) is 108 cm³/mol. The van der Waals surface area contributed by atoms with Crippen LogP contribution in [0.3, 0.4) is 0 Å². The minimum atomic E-state index is -4.88. The van der Waals surface area contributed by atoms with Crippen molar-refractivity contribution < 1.29 is 41.3 Å². The normalized spacial score (nSPS) is 21.3. The Morgan fingerprint density at radius 2 is 1.82 bits per heavy atom. The molecule has 1 aliphatic heterocycles. The number of anilines is 1. The Balaban J connectivity index is 1.79. The SMILES string of the molecule is OC1=CC([C@H]2COc3c(-c4cc(F)c(F)c(F)c4)cccc3N2CC(O)C(F)(F)F)CC=C1. The number of hydrogen-bond donors (Lipinski definition) is 2. The maximum atomic E-state index is 13.8. The molecule has 2 aromatic carbocycles. The number of nitrogens with zero attached hydrogens (tertiary/aromatic N) is 1. The summed E-state index contributed by atoms with van der Waals surface area (Å²) in [5.41, 5.74) is 0.257. The van der Waals surface area contributed by atoms with Crippen LogP contribution in [0, 0.1) is 23.4 Å². The Labute approximate surface area is 185 Å². The van der Waals surface area contributed by atoms with Crippen LogP contribution in [0.1, 0.15) is 6.42 Å². The van der Waals surface area contributed by atoms with Crippen LogP contribution < -0.4 is 9.64 Å². The number of fused-ring (bicyclic) bond motifs is 1.